The van der Waals surface area contributed by atoms with Crippen LogP contribution in [-0.4, -0.2) is 15.7 Å². The summed E-state index contributed by atoms with van der Waals surface area (Å²) in [5.41, 5.74) is 1.25. The molecule has 0 saturated carbocycles. The van der Waals surface area contributed by atoms with Gasteiger partial charge < -0.3 is 14.5 Å². The van der Waals surface area contributed by atoms with Crippen LogP contribution >= 0.6 is 23.2 Å². The van der Waals surface area contributed by atoms with E-state index in [1.807, 2.05) is 0 Å². The molecule has 0 saturated heterocycles. The highest BCUT2D eigenvalue weighted by Crippen LogP contribution is 2.32. The lowest BCUT2D eigenvalue weighted by Crippen LogP contribution is -2.10. The molecule has 31 heavy (non-hydrogen) atoms. The monoisotopic (exact) mass is 459 g/mol. The lowest BCUT2D eigenvalue weighted by Gasteiger charge is -2.07. The summed E-state index contributed by atoms with van der Waals surface area (Å²) in [6, 6.07) is 14.5. The van der Waals surface area contributed by atoms with E-state index >= 15 is 0 Å². The molecule has 2 aromatic heterocycles. The molecular weight excluding hydrogens is 444 g/mol. The molecule has 6 nitrogen and oxygen atoms in total. The van der Waals surface area contributed by atoms with Crippen molar-refractivity contribution in [2.24, 2.45) is 0 Å². The predicted octanol–water partition coefficient (Wildman–Crippen LogP) is 5.80. The maximum atomic E-state index is 13.3. The Morgan fingerprint density at radius 1 is 1.16 bits per heavy atom. The van der Waals surface area contributed by atoms with E-state index in [0.717, 1.165) is 5.56 Å². The van der Waals surface area contributed by atoms with Crippen LogP contribution in [0.25, 0.3) is 0 Å². The van der Waals surface area contributed by atoms with Crippen LogP contribution in [0.4, 0.5) is 10.1 Å². The van der Waals surface area contributed by atoms with Gasteiger partial charge in [0.05, 0.1) is 23.5 Å². The van der Waals surface area contributed by atoms with Gasteiger partial charge in [0.25, 0.3) is 5.91 Å². The van der Waals surface area contributed by atoms with Crippen molar-refractivity contribution in [1.82, 2.24) is 9.78 Å². The number of hydrogen-bond acceptors (Lipinski definition) is 4. The van der Waals surface area contributed by atoms with Crippen LogP contribution in [0.1, 0.15) is 21.9 Å². The quantitative estimate of drug-likeness (QED) is 0.379. The summed E-state index contributed by atoms with van der Waals surface area (Å²) in [5.74, 6) is 0.240. The summed E-state index contributed by atoms with van der Waals surface area (Å²) in [6.45, 7) is 0.459. The Morgan fingerprint density at radius 2 is 2.00 bits per heavy atom. The molecule has 0 aliphatic rings. The number of halogens is 3. The summed E-state index contributed by atoms with van der Waals surface area (Å²) in [5, 5.41) is 7.58. The molecule has 0 fully saturated rings. The zero-order chi connectivity index (χ0) is 21.8. The third-order valence-electron chi connectivity index (χ3n) is 4.30. The van der Waals surface area contributed by atoms with Gasteiger partial charge in [-0.05, 0) is 42.0 Å². The van der Waals surface area contributed by atoms with Crippen LogP contribution in [-0.2, 0) is 13.2 Å². The van der Waals surface area contributed by atoms with E-state index in [0.29, 0.717) is 33.8 Å². The smallest absolute Gasteiger partial charge is 0.291 e. The first-order valence-corrected chi connectivity index (χ1v) is 9.97. The Bertz CT molecular complexity index is 1220. The van der Waals surface area contributed by atoms with E-state index in [1.165, 1.54) is 18.3 Å². The highest BCUT2D eigenvalue weighted by Gasteiger charge is 2.14. The lowest BCUT2D eigenvalue weighted by molar-refractivity contribution is 0.0992. The molecule has 9 heteroatoms. The van der Waals surface area contributed by atoms with Gasteiger partial charge in [-0.25, -0.2) is 4.39 Å². The molecule has 0 aliphatic carbocycles. The van der Waals surface area contributed by atoms with Gasteiger partial charge in [-0.3, -0.25) is 9.48 Å². The Kier molecular flexibility index (Phi) is 6.25. The number of nitrogens with zero attached hydrogens (tertiary/aromatic N) is 2. The van der Waals surface area contributed by atoms with Crippen molar-refractivity contribution in [2.75, 3.05) is 5.32 Å². The molecule has 1 amide bonds. The van der Waals surface area contributed by atoms with E-state index < -0.39 is 5.91 Å². The normalized spacial score (nSPS) is 10.8. The zero-order valence-electron chi connectivity index (χ0n) is 16.0. The summed E-state index contributed by atoms with van der Waals surface area (Å²) in [7, 11) is 0. The van der Waals surface area contributed by atoms with E-state index in [4.69, 9.17) is 32.4 Å². The number of carbonyl (C=O) groups excluding carboxylic acids is 1. The maximum absolute atomic E-state index is 13.3. The number of rotatable bonds is 7. The van der Waals surface area contributed by atoms with Crippen LogP contribution < -0.4 is 10.1 Å². The number of nitrogens with one attached hydrogen (secondary N) is 1. The molecule has 158 valence electrons. The van der Waals surface area contributed by atoms with Gasteiger partial charge in [0, 0.05) is 6.20 Å². The van der Waals surface area contributed by atoms with Gasteiger partial charge in [-0.2, -0.15) is 5.10 Å². The predicted molar refractivity (Wildman–Crippen MR) is 115 cm³/mol. The van der Waals surface area contributed by atoms with Gasteiger partial charge in [-0.15, -0.1) is 0 Å². The molecule has 0 unspecified atom stereocenters. The summed E-state index contributed by atoms with van der Waals surface area (Å²) >= 11 is 12.0. The van der Waals surface area contributed by atoms with Gasteiger partial charge in [0.15, 0.2) is 5.76 Å². The van der Waals surface area contributed by atoms with E-state index in [-0.39, 0.29) is 18.2 Å². The van der Waals surface area contributed by atoms with E-state index in [1.54, 1.807) is 53.3 Å². The van der Waals surface area contributed by atoms with Crippen molar-refractivity contribution >= 4 is 34.8 Å². The van der Waals surface area contributed by atoms with Crippen molar-refractivity contribution in [2.45, 2.75) is 13.2 Å². The summed E-state index contributed by atoms with van der Waals surface area (Å²) < 4.78 is 26.0. The Morgan fingerprint density at radius 3 is 2.84 bits per heavy atom. The molecule has 0 aliphatic heterocycles. The fraction of sp³-hybridized carbons (Fsp3) is 0.0909. The van der Waals surface area contributed by atoms with Gasteiger partial charge in [0.2, 0.25) is 0 Å². The van der Waals surface area contributed by atoms with Crippen molar-refractivity contribution in [3.63, 3.8) is 0 Å². The summed E-state index contributed by atoms with van der Waals surface area (Å²) in [6.07, 6.45) is 3.15. The highest BCUT2D eigenvalue weighted by molar-refractivity contribution is 6.42. The molecule has 4 rings (SSSR count). The second kappa shape index (κ2) is 9.24. The number of anilines is 1. The van der Waals surface area contributed by atoms with Crippen molar-refractivity contribution in [1.29, 1.82) is 0 Å². The van der Waals surface area contributed by atoms with Gasteiger partial charge >= 0.3 is 0 Å². The molecule has 1 N–H and O–H groups in total. The number of amides is 1. The molecule has 4 aromatic rings. The topological polar surface area (TPSA) is 69.3 Å². The largest absolute Gasteiger partial charge is 0.484 e. The van der Waals surface area contributed by atoms with Crippen molar-refractivity contribution in [3.8, 4) is 5.75 Å². The van der Waals surface area contributed by atoms with Crippen LogP contribution in [0.15, 0.2) is 71.4 Å². The van der Waals surface area contributed by atoms with Crippen LogP contribution in [0.3, 0.4) is 0 Å². The molecular formula is C22H16Cl2FN3O3. The second-order valence-electron chi connectivity index (χ2n) is 6.62. The van der Waals surface area contributed by atoms with Gasteiger partial charge in [0.1, 0.15) is 29.0 Å². The number of hydrogen-bond donors (Lipinski definition) is 1. The zero-order valence-corrected chi connectivity index (χ0v) is 17.5. The minimum absolute atomic E-state index is 0.0823. The lowest BCUT2D eigenvalue weighted by atomic mass is 10.2. The fourth-order valence-electron chi connectivity index (χ4n) is 2.85. The highest BCUT2D eigenvalue weighted by atomic mass is 35.5. The molecule has 0 bridgehead atoms. The van der Waals surface area contributed by atoms with Gasteiger partial charge in [-0.1, -0.05) is 41.4 Å². The van der Waals surface area contributed by atoms with Crippen LogP contribution in [0.2, 0.25) is 10.0 Å². The number of furan rings is 1. The molecule has 2 heterocycles. The first-order chi connectivity index (χ1) is 15.0. The number of carbonyl (C=O) groups is 1. The van der Waals surface area contributed by atoms with Crippen molar-refractivity contribution in [3.05, 3.63) is 99.9 Å². The molecule has 2 aromatic carbocycles. The number of aromatic nitrogens is 2. The average Bonchev–Trinajstić information content (AvgIpc) is 3.39. The van der Waals surface area contributed by atoms with Crippen LogP contribution in [0.5, 0.6) is 5.75 Å². The first kappa shape index (κ1) is 21.0. The Hall–Kier alpha value is -3.29. The van der Waals surface area contributed by atoms with Crippen molar-refractivity contribution < 1.29 is 18.3 Å². The minimum Gasteiger partial charge on any atom is -0.484 e. The maximum Gasteiger partial charge on any atom is 0.291 e. The number of benzene rings is 2. The molecule has 0 radical (unpaired) electrons. The second-order valence-corrected chi connectivity index (χ2v) is 7.40. The Labute approximate surface area is 187 Å². The third kappa shape index (κ3) is 5.25. The molecule has 0 spiro atoms. The van der Waals surface area contributed by atoms with E-state index in [9.17, 15) is 9.18 Å². The minimum atomic E-state index is -0.433. The Balaban J connectivity index is 1.35. The van der Waals surface area contributed by atoms with E-state index in [2.05, 4.69) is 10.4 Å². The average molecular weight is 460 g/mol. The van der Waals surface area contributed by atoms with Crippen LogP contribution in [0, 0.1) is 5.82 Å². The number of ether oxygens (including phenoxy) is 1. The standard InChI is InChI=1S/C22H16Cl2FN3O3/c23-18-5-2-6-19(21(18)24)30-13-17-7-8-20(31-17)22(29)27-16-10-26-28(12-16)11-14-3-1-4-15(25)9-14/h1-10,12H,11,13H2,(H,27,29). The SMILES string of the molecule is O=C(Nc1cnn(Cc2cccc(F)c2)c1)c1ccc(COc2cccc(Cl)c2Cl)o1. The first-order valence-electron chi connectivity index (χ1n) is 9.22. The third-order valence-corrected chi connectivity index (χ3v) is 5.10. The fourth-order valence-corrected chi connectivity index (χ4v) is 3.20. The molecule has 0 atom stereocenters. The summed E-state index contributed by atoms with van der Waals surface area (Å²) in [4.78, 5) is 12.4.